The molecule has 132 valence electrons. The Kier molecular flexibility index (Phi) is 5.16. The predicted molar refractivity (Wildman–Crippen MR) is 92.8 cm³/mol. The largest absolute Gasteiger partial charge is 0.447 e. The topological polar surface area (TPSA) is 73.2 Å². The van der Waals surface area contributed by atoms with E-state index in [0.29, 0.717) is 12.1 Å². The standard InChI is InChI=1S/C19H23N3O3/c1-13-12-14(2)22(21-13)11-10-17(23)25-18(15-6-4-3-5-7-15)19(24)20-16-8-9-16/h3-7,12,16,18H,8-11H2,1-2H3,(H,20,24)/t18-/m0/s1. The lowest BCUT2D eigenvalue weighted by Gasteiger charge is -2.18. The van der Waals surface area contributed by atoms with Crippen LogP contribution in [-0.2, 0) is 20.9 Å². The van der Waals surface area contributed by atoms with Crippen LogP contribution in [0.2, 0.25) is 0 Å². The average Bonchev–Trinajstić information content (AvgIpc) is 3.34. The Morgan fingerprint density at radius 3 is 2.60 bits per heavy atom. The summed E-state index contributed by atoms with van der Waals surface area (Å²) in [4.78, 5) is 24.7. The second-order valence-electron chi connectivity index (χ2n) is 6.46. The van der Waals surface area contributed by atoms with Gasteiger partial charge in [-0.05, 0) is 32.8 Å². The van der Waals surface area contributed by atoms with Crippen molar-refractivity contribution in [3.05, 3.63) is 53.3 Å². The van der Waals surface area contributed by atoms with Gasteiger partial charge in [0.05, 0.1) is 18.7 Å². The van der Waals surface area contributed by atoms with Crippen LogP contribution in [0.25, 0.3) is 0 Å². The molecule has 1 aliphatic carbocycles. The number of nitrogens with zero attached hydrogens (tertiary/aromatic N) is 2. The molecule has 0 spiro atoms. The quantitative estimate of drug-likeness (QED) is 0.785. The van der Waals surface area contributed by atoms with Crippen LogP contribution in [0.3, 0.4) is 0 Å². The molecular formula is C19H23N3O3. The molecule has 1 N–H and O–H groups in total. The SMILES string of the molecule is Cc1cc(C)n(CCC(=O)O[C@H](C(=O)NC2CC2)c2ccccc2)n1. The van der Waals surface area contributed by atoms with E-state index in [0.717, 1.165) is 24.2 Å². The number of benzene rings is 1. The van der Waals surface area contributed by atoms with Crippen LogP contribution in [0.4, 0.5) is 0 Å². The summed E-state index contributed by atoms with van der Waals surface area (Å²) < 4.78 is 7.28. The maximum Gasteiger partial charge on any atom is 0.308 e. The molecule has 1 aromatic carbocycles. The zero-order chi connectivity index (χ0) is 17.8. The minimum Gasteiger partial charge on any atom is -0.447 e. The van der Waals surface area contributed by atoms with Crippen molar-refractivity contribution in [2.24, 2.45) is 0 Å². The zero-order valence-electron chi connectivity index (χ0n) is 14.6. The van der Waals surface area contributed by atoms with Crippen molar-refractivity contribution >= 4 is 11.9 Å². The third-order valence-electron chi connectivity index (χ3n) is 4.14. The van der Waals surface area contributed by atoms with E-state index in [2.05, 4.69) is 10.4 Å². The molecule has 1 heterocycles. The fraction of sp³-hybridized carbons (Fsp3) is 0.421. The summed E-state index contributed by atoms with van der Waals surface area (Å²) in [6, 6.07) is 11.3. The van der Waals surface area contributed by atoms with Crippen LogP contribution in [0.5, 0.6) is 0 Å². The van der Waals surface area contributed by atoms with Gasteiger partial charge in [0.1, 0.15) is 0 Å². The Morgan fingerprint density at radius 2 is 2.00 bits per heavy atom. The number of carbonyl (C=O) groups excluding carboxylic acids is 2. The van der Waals surface area contributed by atoms with Crippen molar-refractivity contribution in [3.63, 3.8) is 0 Å². The highest BCUT2D eigenvalue weighted by atomic mass is 16.5. The monoisotopic (exact) mass is 341 g/mol. The van der Waals surface area contributed by atoms with Gasteiger partial charge in [0, 0.05) is 17.3 Å². The summed E-state index contributed by atoms with van der Waals surface area (Å²) in [5, 5.41) is 7.24. The molecule has 25 heavy (non-hydrogen) atoms. The van der Waals surface area contributed by atoms with Crippen LogP contribution >= 0.6 is 0 Å². The van der Waals surface area contributed by atoms with Crippen molar-refractivity contribution < 1.29 is 14.3 Å². The van der Waals surface area contributed by atoms with Gasteiger partial charge in [-0.2, -0.15) is 5.10 Å². The first kappa shape index (κ1) is 17.2. The lowest BCUT2D eigenvalue weighted by molar-refractivity contribution is -0.156. The lowest BCUT2D eigenvalue weighted by Crippen LogP contribution is -2.33. The van der Waals surface area contributed by atoms with E-state index in [-0.39, 0.29) is 18.4 Å². The Bertz CT molecular complexity index is 751. The van der Waals surface area contributed by atoms with Crippen LogP contribution in [0.1, 0.15) is 42.3 Å². The Balaban J connectivity index is 1.63. The maximum atomic E-state index is 12.5. The molecule has 1 amide bonds. The van der Waals surface area contributed by atoms with Crippen molar-refractivity contribution in [2.45, 2.75) is 51.8 Å². The maximum absolute atomic E-state index is 12.5. The highest BCUT2D eigenvalue weighted by molar-refractivity contribution is 5.85. The number of aromatic nitrogens is 2. The van der Waals surface area contributed by atoms with Crippen LogP contribution < -0.4 is 5.32 Å². The second kappa shape index (κ2) is 7.51. The van der Waals surface area contributed by atoms with Gasteiger partial charge in [0.2, 0.25) is 6.10 Å². The number of esters is 1. The van der Waals surface area contributed by atoms with Gasteiger partial charge < -0.3 is 10.1 Å². The first-order valence-electron chi connectivity index (χ1n) is 8.59. The number of nitrogens with one attached hydrogen (secondary N) is 1. The van der Waals surface area contributed by atoms with E-state index in [1.54, 1.807) is 16.8 Å². The van der Waals surface area contributed by atoms with E-state index in [1.807, 2.05) is 38.1 Å². The molecule has 0 unspecified atom stereocenters. The zero-order valence-corrected chi connectivity index (χ0v) is 14.6. The molecule has 1 atom stereocenters. The van der Waals surface area contributed by atoms with E-state index < -0.39 is 12.1 Å². The summed E-state index contributed by atoms with van der Waals surface area (Å²) in [6.07, 6.45) is 1.23. The van der Waals surface area contributed by atoms with Gasteiger partial charge in [-0.3, -0.25) is 14.3 Å². The highest BCUT2D eigenvalue weighted by Crippen LogP contribution is 2.23. The molecule has 6 nitrogen and oxygen atoms in total. The van der Waals surface area contributed by atoms with Gasteiger partial charge in [-0.25, -0.2) is 0 Å². The van der Waals surface area contributed by atoms with Gasteiger partial charge in [-0.1, -0.05) is 30.3 Å². The first-order valence-corrected chi connectivity index (χ1v) is 8.59. The highest BCUT2D eigenvalue weighted by Gasteiger charge is 2.30. The van der Waals surface area contributed by atoms with Crippen molar-refractivity contribution in [3.8, 4) is 0 Å². The molecule has 1 saturated carbocycles. The van der Waals surface area contributed by atoms with Crippen molar-refractivity contribution in [1.82, 2.24) is 15.1 Å². The van der Waals surface area contributed by atoms with Gasteiger partial charge in [0.15, 0.2) is 0 Å². The van der Waals surface area contributed by atoms with E-state index in [1.165, 1.54) is 0 Å². The Labute approximate surface area is 147 Å². The number of aryl methyl sites for hydroxylation is 3. The fourth-order valence-electron chi connectivity index (χ4n) is 2.69. The minimum absolute atomic E-state index is 0.169. The summed E-state index contributed by atoms with van der Waals surface area (Å²) in [5.41, 5.74) is 2.59. The normalized spacial score (nSPS) is 14.8. The number of amides is 1. The first-order chi connectivity index (χ1) is 12.0. The number of carbonyl (C=O) groups is 2. The smallest absolute Gasteiger partial charge is 0.308 e. The molecule has 0 radical (unpaired) electrons. The van der Waals surface area contributed by atoms with E-state index >= 15 is 0 Å². The number of hydrogen-bond acceptors (Lipinski definition) is 4. The molecule has 2 aromatic rings. The summed E-state index contributed by atoms with van der Waals surface area (Å²) in [6.45, 7) is 4.29. The van der Waals surface area contributed by atoms with Gasteiger partial charge in [0.25, 0.3) is 5.91 Å². The Morgan fingerprint density at radius 1 is 1.28 bits per heavy atom. The van der Waals surface area contributed by atoms with Crippen LogP contribution in [0.15, 0.2) is 36.4 Å². The second-order valence-corrected chi connectivity index (χ2v) is 6.46. The predicted octanol–water partition coefficient (Wildman–Crippen LogP) is 2.45. The van der Waals surface area contributed by atoms with E-state index in [4.69, 9.17) is 4.74 Å². The number of ether oxygens (including phenoxy) is 1. The molecule has 6 heteroatoms. The number of hydrogen-bond donors (Lipinski definition) is 1. The molecule has 3 rings (SSSR count). The van der Waals surface area contributed by atoms with Gasteiger partial charge >= 0.3 is 5.97 Å². The molecule has 0 aliphatic heterocycles. The van der Waals surface area contributed by atoms with Gasteiger partial charge in [-0.15, -0.1) is 0 Å². The van der Waals surface area contributed by atoms with Crippen molar-refractivity contribution in [2.75, 3.05) is 0 Å². The van der Waals surface area contributed by atoms with Crippen LogP contribution in [-0.4, -0.2) is 27.7 Å². The lowest BCUT2D eigenvalue weighted by atomic mass is 10.1. The fourth-order valence-corrected chi connectivity index (χ4v) is 2.69. The average molecular weight is 341 g/mol. The Hall–Kier alpha value is -2.63. The van der Waals surface area contributed by atoms with E-state index in [9.17, 15) is 9.59 Å². The summed E-state index contributed by atoms with van der Waals surface area (Å²) >= 11 is 0. The molecule has 1 fully saturated rings. The molecule has 0 saturated heterocycles. The summed E-state index contributed by atoms with van der Waals surface area (Å²) in [7, 11) is 0. The molecule has 0 bridgehead atoms. The minimum atomic E-state index is -0.908. The number of rotatable bonds is 7. The summed E-state index contributed by atoms with van der Waals surface area (Å²) in [5.74, 6) is -0.666. The third kappa shape index (κ3) is 4.68. The molecule has 1 aliphatic rings. The molecule has 1 aromatic heterocycles. The third-order valence-corrected chi connectivity index (χ3v) is 4.14. The van der Waals surface area contributed by atoms with Crippen LogP contribution in [0, 0.1) is 13.8 Å². The van der Waals surface area contributed by atoms with Crippen molar-refractivity contribution in [1.29, 1.82) is 0 Å². The molecular weight excluding hydrogens is 318 g/mol.